The molecule has 11 heteroatoms. The lowest BCUT2D eigenvalue weighted by atomic mass is 9.98. The number of halogens is 4. The molecule has 1 aromatic heterocycles. The predicted octanol–water partition coefficient (Wildman–Crippen LogP) is 4.88. The van der Waals surface area contributed by atoms with Crippen LogP contribution >= 0.6 is 23.4 Å². The molecule has 2 aromatic carbocycles. The van der Waals surface area contributed by atoms with Crippen molar-refractivity contribution in [1.29, 1.82) is 0 Å². The Bertz CT molecular complexity index is 1310. The highest BCUT2D eigenvalue weighted by Crippen LogP contribution is 2.42. The molecule has 1 aliphatic heterocycles. The van der Waals surface area contributed by atoms with Crippen LogP contribution in [0.25, 0.3) is 22.0 Å². The van der Waals surface area contributed by atoms with Crippen LogP contribution in [0.4, 0.5) is 13.2 Å². The molecule has 1 aliphatic rings. The molecule has 2 heterocycles. The highest BCUT2D eigenvalue weighted by Gasteiger charge is 2.31. The quantitative estimate of drug-likeness (QED) is 0.383. The van der Waals surface area contributed by atoms with Crippen molar-refractivity contribution in [1.82, 2.24) is 15.2 Å². The van der Waals surface area contributed by atoms with E-state index < -0.39 is 17.3 Å². The third-order valence-corrected chi connectivity index (χ3v) is 7.14. The van der Waals surface area contributed by atoms with Gasteiger partial charge in [0.1, 0.15) is 5.75 Å². The first-order valence-corrected chi connectivity index (χ1v) is 12.4. The number of benzene rings is 2. The van der Waals surface area contributed by atoms with Crippen molar-refractivity contribution >= 4 is 40.2 Å². The Hall–Kier alpha value is -2.69. The Kier molecular flexibility index (Phi) is 7.63. The number of carbonyl (C=O) groups excluding carboxylic acids is 1. The summed E-state index contributed by atoms with van der Waals surface area (Å²) in [6.07, 6.45) is -2.33. The number of carbonyl (C=O) groups is 1. The summed E-state index contributed by atoms with van der Waals surface area (Å²) in [5.74, 6) is -0.684. The number of fused-ring (bicyclic) bond motifs is 1. The van der Waals surface area contributed by atoms with E-state index in [0.717, 1.165) is 56.4 Å². The number of H-pyrrole nitrogens is 1. The van der Waals surface area contributed by atoms with Crippen molar-refractivity contribution in [2.45, 2.75) is 23.9 Å². The Balaban J connectivity index is 1.70. The van der Waals surface area contributed by atoms with Gasteiger partial charge in [0, 0.05) is 40.1 Å². The normalized spacial score (nSPS) is 14.5. The van der Waals surface area contributed by atoms with Crippen LogP contribution < -0.4 is 10.9 Å². The minimum Gasteiger partial charge on any atom is -0.507 e. The Morgan fingerprint density at radius 3 is 2.63 bits per heavy atom. The van der Waals surface area contributed by atoms with Gasteiger partial charge >= 0.3 is 6.18 Å². The molecular weight excluding hydrogens is 503 g/mol. The summed E-state index contributed by atoms with van der Waals surface area (Å²) in [5, 5.41) is 13.6. The van der Waals surface area contributed by atoms with Gasteiger partial charge in [-0.25, -0.2) is 0 Å². The van der Waals surface area contributed by atoms with Crippen molar-refractivity contribution in [3.63, 3.8) is 0 Å². The largest absolute Gasteiger partial charge is 0.507 e. The number of likely N-dealkylation sites (tertiary alicyclic amines) is 1. The predicted molar refractivity (Wildman–Crippen MR) is 131 cm³/mol. The second-order valence-corrected chi connectivity index (χ2v) is 9.69. The molecule has 0 aliphatic carbocycles. The van der Waals surface area contributed by atoms with Gasteiger partial charge in [-0.05, 0) is 62.3 Å². The minimum atomic E-state index is -4.61. The number of pyridine rings is 1. The van der Waals surface area contributed by atoms with Crippen LogP contribution in [0.1, 0.15) is 18.4 Å². The van der Waals surface area contributed by atoms with E-state index in [-0.39, 0.29) is 49.4 Å². The number of alkyl halides is 3. The number of rotatable bonds is 7. The van der Waals surface area contributed by atoms with E-state index in [1.165, 1.54) is 24.3 Å². The molecule has 186 valence electrons. The maximum atomic E-state index is 13.5. The van der Waals surface area contributed by atoms with Gasteiger partial charge in [0.15, 0.2) is 0 Å². The zero-order valence-electron chi connectivity index (χ0n) is 18.5. The second-order valence-electron chi connectivity index (χ2n) is 8.27. The summed E-state index contributed by atoms with van der Waals surface area (Å²) in [6, 6.07) is 7.08. The van der Waals surface area contributed by atoms with Crippen LogP contribution in [0.5, 0.6) is 5.75 Å². The summed E-state index contributed by atoms with van der Waals surface area (Å²) in [7, 11) is 0. The molecule has 4 rings (SSSR count). The van der Waals surface area contributed by atoms with Crippen molar-refractivity contribution in [3.8, 4) is 16.9 Å². The van der Waals surface area contributed by atoms with Gasteiger partial charge in [-0.3, -0.25) is 9.59 Å². The van der Waals surface area contributed by atoms with Crippen LogP contribution in [-0.2, 0) is 11.0 Å². The third-order valence-electron chi connectivity index (χ3n) is 5.82. The number of aromatic nitrogens is 1. The molecule has 6 nitrogen and oxygen atoms in total. The lowest BCUT2D eigenvalue weighted by molar-refractivity contribution is -0.137. The Morgan fingerprint density at radius 1 is 1.17 bits per heavy atom. The average Bonchev–Trinajstić information content (AvgIpc) is 3.31. The maximum absolute atomic E-state index is 13.5. The highest BCUT2D eigenvalue weighted by atomic mass is 35.5. The van der Waals surface area contributed by atoms with E-state index in [1.807, 2.05) is 0 Å². The number of amides is 1. The molecule has 35 heavy (non-hydrogen) atoms. The van der Waals surface area contributed by atoms with Gasteiger partial charge in [0.25, 0.3) is 5.56 Å². The van der Waals surface area contributed by atoms with Crippen LogP contribution in [0.3, 0.4) is 0 Å². The number of aromatic amines is 1. The summed E-state index contributed by atoms with van der Waals surface area (Å²) in [5.41, 5.74) is -1.14. The topological polar surface area (TPSA) is 85.4 Å². The zero-order chi connectivity index (χ0) is 25.2. The first-order valence-electron chi connectivity index (χ1n) is 11.0. The number of thioether (sulfide) groups is 1. The number of phenols is 1. The van der Waals surface area contributed by atoms with Crippen LogP contribution in [0, 0.1) is 0 Å². The molecule has 0 bridgehead atoms. The monoisotopic (exact) mass is 525 g/mol. The van der Waals surface area contributed by atoms with Crippen LogP contribution in [0.2, 0.25) is 5.02 Å². The zero-order valence-corrected chi connectivity index (χ0v) is 20.1. The molecule has 0 unspecified atom stereocenters. The fourth-order valence-electron chi connectivity index (χ4n) is 4.11. The number of nitrogens with zero attached hydrogens (tertiary/aromatic N) is 1. The fraction of sp³-hybridized carbons (Fsp3) is 0.333. The van der Waals surface area contributed by atoms with E-state index in [9.17, 15) is 27.9 Å². The van der Waals surface area contributed by atoms with E-state index in [0.29, 0.717) is 6.54 Å². The molecule has 0 spiro atoms. The van der Waals surface area contributed by atoms with Crippen molar-refractivity contribution in [2.24, 2.45) is 0 Å². The molecule has 0 saturated carbocycles. The van der Waals surface area contributed by atoms with Crippen molar-refractivity contribution in [3.05, 3.63) is 57.3 Å². The average molecular weight is 526 g/mol. The molecule has 0 radical (unpaired) electrons. The number of hydrogen-bond acceptors (Lipinski definition) is 5. The summed E-state index contributed by atoms with van der Waals surface area (Å²) in [4.78, 5) is 30.2. The summed E-state index contributed by atoms with van der Waals surface area (Å²) < 4.78 is 40.4. The number of hydrogen-bond donors (Lipinski definition) is 3. The Labute approximate surface area is 208 Å². The molecule has 1 amide bonds. The highest BCUT2D eigenvalue weighted by molar-refractivity contribution is 8.00. The first-order chi connectivity index (χ1) is 16.6. The van der Waals surface area contributed by atoms with Crippen LogP contribution in [-0.4, -0.2) is 52.8 Å². The van der Waals surface area contributed by atoms with Gasteiger partial charge in [-0.2, -0.15) is 13.2 Å². The third kappa shape index (κ3) is 5.94. The maximum Gasteiger partial charge on any atom is 0.416 e. The van der Waals surface area contributed by atoms with E-state index in [2.05, 4.69) is 15.2 Å². The van der Waals surface area contributed by atoms with E-state index >= 15 is 0 Å². The van der Waals surface area contributed by atoms with Gasteiger partial charge in [0.05, 0.1) is 16.2 Å². The van der Waals surface area contributed by atoms with Gasteiger partial charge in [-0.15, -0.1) is 11.8 Å². The standard InChI is InChI=1S/C24H23ClF3N3O3S/c25-15-4-6-19(32)17(12-15)21-16-11-14(24(26,27)28)3-5-18(16)30-23(34)22(21)35-13-20(33)29-7-10-31-8-1-2-9-31/h3-6,11-12,32H,1-2,7-10,13H2,(H,29,33)(H,30,34). The molecule has 3 aromatic rings. The number of aromatic hydroxyl groups is 1. The van der Waals surface area contributed by atoms with Gasteiger partial charge < -0.3 is 20.3 Å². The SMILES string of the molecule is O=C(CSc1c(-c2cc(Cl)ccc2O)c2cc(C(F)(F)F)ccc2[nH]c1=O)NCCN1CCCC1. The number of phenolic OH excluding ortho intramolecular Hbond substituents is 1. The van der Waals surface area contributed by atoms with Gasteiger partial charge in [-0.1, -0.05) is 11.6 Å². The molecule has 1 saturated heterocycles. The Morgan fingerprint density at radius 2 is 1.91 bits per heavy atom. The summed E-state index contributed by atoms with van der Waals surface area (Å²) in [6.45, 7) is 3.20. The second kappa shape index (κ2) is 10.5. The first kappa shape index (κ1) is 25.4. The van der Waals surface area contributed by atoms with E-state index in [4.69, 9.17) is 11.6 Å². The lowest BCUT2D eigenvalue weighted by Gasteiger charge is -2.16. The van der Waals surface area contributed by atoms with E-state index in [1.54, 1.807) is 0 Å². The summed E-state index contributed by atoms with van der Waals surface area (Å²) >= 11 is 7.00. The van der Waals surface area contributed by atoms with Crippen molar-refractivity contribution in [2.75, 3.05) is 31.9 Å². The molecular formula is C24H23ClF3N3O3S. The molecule has 0 atom stereocenters. The van der Waals surface area contributed by atoms with Gasteiger partial charge in [0.2, 0.25) is 5.91 Å². The molecule has 3 N–H and O–H groups in total. The van der Waals surface area contributed by atoms with Crippen LogP contribution in [0.15, 0.2) is 46.1 Å². The number of nitrogens with one attached hydrogen (secondary N) is 2. The van der Waals surface area contributed by atoms with Crippen molar-refractivity contribution < 1.29 is 23.1 Å². The minimum absolute atomic E-state index is 0.0177. The smallest absolute Gasteiger partial charge is 0.416 e. The molecule has 1 fully saturated rings. The lowest BCUT2D eigenvalue weighted by Crippen LogP contribution is -2.34. The fourth-order valence-corrected chi connectivity index (χ4v) is 5.21.